The monoisotopic (exact) mass is 245 g/mol. The van der Waals surface area contributed by atoms with E-state index in [4.69, 9.17) is 4.42 Å². The Morgan fingerprint density at radius 3 is 2.67 bits per heavy atom. The highest BCUT2D eigenvalue weighted by molar-refractivity contribution is 5.58. The molecule has 1 aromatic heterocycles. The number of nitrogens with one attached hydrogen (secondary N) is 1. The molecule has 0 spiro atoms. The SMILES string of the molecule is Cc1cc(-c2ccccc2)oc1CNC[C@H](C)O. The van der Waals surface area contributed by atoms with Gasteiger partial charge in [0.2, 0.25) is 0 Å². The fraction of sp³-hybridized carbons (Fsp3) is 0.333. The Kier molecular flexibility index (Phi) is 4.18. The van der Waals surface area contributed by atoms with Gasteiger partial charge in [0.25, 0.3) is 0 Å². The Bertz CT molecular complexity index is 488. The Morgan fingerprint density at radius 2 is 2.00 bits per heavy atom. The van der Waals surface area contributed by atoms with Gasteiger partial charge in [-0.3, -0.25) is 0 Å². The molecule has 2 aromatic rings. The first kappa shape index (κ1) is 12.9. The van der Waals surface area contributed by atoms with Crippen LogP contribution in [0.3, 0.4) is 0 Å². The summed E-state index contributed by atoms with van der Waals surface area (Å²) in [7, 11) is 0. The molecule has 0 saturated carbocycles. The highest BCUT2D eigenvalue weighted by Crippen LogP contribution is 2.24. The molecule has 2 N–H and O–H groups in total. The summed E-state index contributed by atoms with van der Waals surface area (Å²) < 4.78 is 5.84. The second-order valence-electron chi connectivity index (χ2n) is 4.56. The molecule has 2 rings (SSSR count). The second-order valence-corrected chi connectivity index (χ2v) is 4.56. The van der Waals surface area contributed by atoms with E-state index in [9.17, 15) is 5.11 Å². The molecule has 3 nitrogen and oxygen atoms in total. The number of aliphatic hydroxyl groups excluding tert-OH is 1. The van der Waals surface area contributed by atoms with Crippen LogP contribution in [0.5, 0.6) is 0 Å². The van der Waals surface area contributed by atoms with E-state index in [0.29, 0.717) is 13.1 Å². The van der Waals surface area contributed by atoms with Gasteiger partial charge in [0.05, 0.1) is 12.6 Å². The number of rotatable bonds is 5. The molecular formula is C15H19NO2. The maximum Gasteiger partial charge on any atom is 0.134 e. The number of aliphatic hydroxyl groups is 1. The standard InChI is InChI=1S/C15H19NO2/c1-11-8-14(13-6-4-3-5-7-13)18-15(11)10-16-9-12(2)17/h3-8,12,16-17H,9-10H2,1-2H3/t12-/m0/s1. The Labute approximate surface area is 107 Å². The lowest BCUT2D eigenvalue weighted by Gasteiger charge is -2.05. The highest BCUT2D eigenvalue weighted by atomic mass is 16.3. The van der Waals surface area contributed by atoms with Crippen molar-refractivity contribution in [2.45, 2.75) is 26.5 Å². The van der Waals surface area contributed by atoms with E-state index in [1.165, 1.54) is 0 Å². The number of benzene rings is 1. The highest BCUT2D eigenvalue weighted by Gasteiger charge is 2.09. The lowest BCUT2D eigenvalue weighted by molar-refractivity contribution is 0.190. The first-order chi connectivity index (χ1) is 8.66. The summed E-state index contributed by atoms with van der Waals surface area (Å²) in [6.45, 7) is 5.01. The average Bonchev–Trinajstić information content (AvgIpc) is 2.72. The van der Waals surface area contributed by atoms with E-state index in [1.807, 2.05) is 37.3 Å². The number of hydrogen-bond donors (Lipinski definition) is 2. The minimum absolute atomic E-state index is 0.339. The zero-order chi connectivity index (χ0) is 13.0. The molecule has 0 fully saturated rings. The first-order valence-electron chi connectivity index (χ1n) is 6.20. The maximum absolute atomic E-state index is 9.19. The summed E-state index contributed by atoms with van der Waals surface area (Å²) in [5.74, 6) is 1.82. The van der Waals surface area contributed by atoms with E-state index in [1.54, 1.807) is 6.92 Å². The van der Waals surface area contributed by atoms with Gasteiger partial charge in [0.1, 0.15) is 11.5 Å². The van der Waals surface area contributed by atoms with Crippen molar-refractivity contribution in [1.29, 1.82) is 0 Å². The van der Waals surface area contributed by atoms with Crippen molar-refractivity contribution in [2.75, 3.05) is 6.54 Å². The molecule has 1 atom stereocenters. The number of hydrogen-bond acceptors (Lipinski definition) is 3. The van der Waals surface area contributed by atoms with Gasteiger partial charge < -0.3 is 14.8 Å². The fourth-order valence-electron chi connectivity index (χ4n) is 1.83. The molecule has 1 aromatic carbocycles. The van der Waals surface area contributed by atoms with Crippen molar-refractivity contribution in [1.82, 2.24) is 5.32 Å². The molecule has 0 bridgehead atoms. The summed E-state index contributed by atoms with van der Waals surface area (Å²) in [6, 6.07) is 12.1. The molecule has 0 saturated heterocycles. The Morgan fingerprint density at radius 1 is 1.28 bits per heavy atom. The third kappa shape index (κ3) is 3.22. The van der Waals surface area contributed by atoms with E-state index in [-0.39, 0.29) is 6.10 Å². The Balaban J connectivity index is 2.08. The van der Waals surface area contributed by atoms with Gasteiger partial charge in [-0.05, 0) is 25.5 Å². The summed E-state index contributed by atoms with van der Waals surface area (Å²) in [4.78, 5) is 0. The smallest absolute Gasteiger partial charge is 0.134 e. The van der Waals surface area contributed by atoms with Crippen molar-refractivity contribution < 1.29 is 9.52 Å². The van der Waals surface area contributed by atoms with E-state index >= 15 is 0 Å². The molecule has 96 valence electrons. The van der Waals surface area contributed by atoms with Crippen molar-refractivity contribution in [3.63, 3.8) is 0 Å². The van der Waals surface area contributed by atoms with Gasteiger partial charge in [-0.2, -0.15) is 0 Å². The first-order valence-corrected chi connectivity index (χ1v) is 6.20. The van der Waals surface area contributed by atoms with E-state index in [0.717, 1.165) is 22.6 Å². The van der Waals surface area contributed by atoms with Crippen LogP contribution in [0, 0.1) is 6.92 Å². The van der Waals surface area contributed by atoms with E-state index < -0.39 is 0 Å². The summed E-state index contributed by atoms with van der Waals surface area (Å²) in [5.41, 5.74) is 2.22. The molecule has 0 aliphatic heterocycles. The molecule has 0 amide bonds. The lowest BCUT2D eigenvalue weighted by Crippen LogP contribution is -2.23. The van der Waals surface area contributed by atoms with Crippen LogP contribution in [0.4, 0.5) is 0 Å². The van der Waals surface area contributed by atoms with Crippen molar-refractivity contribution in [2.24, 2.45) is 0 Å². The molecule has 1 heterocycles. The van der Waals surface area contributed by atoms with Gasteiger partial charge in [-0.15, -0.1) is 0 Å². The molecule has 0 aliphatic carbocycles. The zero-order valence-electron chi connectivity index (χ0n) is 10.8. The van der Waals surface area contributed by atoms with Crippen LogP contribution in [0.1, 0.15) is 18.2 Å². The summed E-state index contributed by atoms with van der Waals surface area (Å²) >= 11 is 0. The van der Waals surface area contributed by atoms with Gasteiger partial charge in [0.15, 0.2) is 0 Å². The zero-order valence-corrected chi connectivity index (χ0v) is 10.8. The summed E-state index contributed by atoms with van der Waals surface area (Å²) in [5, 5.41) is 12.4. The van der Waals surface area contributed by atoms with Crippen LogP contribution >= 0.6 is 0 Å². The average molecular weight is 245 g/mol. The van der Waals surface area contributed by atoms with Gasteiger partial charge in [0, 0.05) is 12.1 Å². The number of furan rings is 1. The predicted octanol–water partition coefficient (Wildman–Crippen LogP) is 2.73. The van der Waals surface area contributed by atoms with Crippen molar-refractivity contribution >= 4 is 0 Å². The maximum atomic E-state index is 9.19. The molecule has 0 aliphatic rings. The van der Waals surface area contributed by atoms with Crippen molar-refractivity contribution in [3.8, 4) is 11.3 Å². The molecule has 0 radical (unpaired) electrons. The van der Waals surface area contributed by atoms with Crippen LogP contribution in [-0.4, -0.2) is 17.8 Å². The minimum Gasteiger partial charge on any atom is -0.459 e. The predicted molar refractivity (Wildman–Crippen MR) is 72.3 cm³/mol. The molecule has 18 heavy (non-hydrogen) atoms. The fourth-order valence-corrected chi connectivity index (χ4v) is 1.83. The third-order valence-electron chi connectivity index (χ3n) is 2.80. The largest absolute Gasteiger partial charge is 0.459 e. The van der Waals surface area contributed by atoms with Crippen LogP contribution in [0.25, 0.3) is 11.3 Å². The van der Waals surface area contributed by atoms with Crippen molar-refractivity contribution in [3.05, 3.63) is 47.7 Å². The topological polar surface area (TPSA) is 45.4 Å². The normalized spacial score (nSPS) is 12.6. The van der Waals surface area contributed by atoms with E-state index in [2.05, 4.69) is 11.4 Å². The third-order valence-corrected chi connectivity index (χ3v) is 2.80. The van der Waals surface area contributed by atoms with Crippen LogP contribution in [-0.2, 0) is 6.54 Å². The second kappa shape index (κ2) is 5.85. The van der Waals surface area contributed by atoms with Gasteiger partial charge in [-0.25, -0.2) is 0 Å². The minimum atomic E-state index is -0.339. The summed E-state index contributed by atoms with van der Waals surface area (Å²) in [6.07, 6.45) is -0.339. The Hall–Kier alpha value is -1.58. The number of aryl methyl sites for hydroxylation is 1. The quantitative estimate of drug-likeness (QED) is 0.851. The van der Waals surface area contributed by atoms with Crippen LogP contribution in [0.15, 0.2) is 40.8 Å². The lowest BCUT2D eigenvalue weighted by atomic mass is 10.1. The molecule has 3 heteroatoms. The molecular weight excluding hydrogens is 226 g/mol. The van der Waals surface area contributed by atoms with Crippen LogP contribution < -0.4 is 5.32 Å². The van der Waals surface area contributed by atoms with Gasteiger partial charge >= 0.3 is 0 Å². The van der Waals surface area contributed by atoms with Gasteiger partial charge in [-0.1, -0.05) is 30.3 Å². The van der Waals surface area contributed by atoms with Crippen LogP contribution in [0.2, 0.25) is 0 Å². The molecule has 0 unspecified atom stereocenters.